The molecule has 0 spiro atoms. The molecule has 0 fully saturated rings. The molecule has 0 saturated heterocycles. The summed E-state index contributed by atoms with van der Waals surface area (Å²) in [5.41, 5.74) is 1.19. The van der Waals surface area contributed by atoms with Gasteiger partial charge in [-0.15, -0.1) is 11.3 Å². The van der Waals surface area contributed by atoms with E-state index >= 15 is 0 Å². The molecule has 0 atom stereocenters. The fourth-order valence-electron chi connectivity index (χ4n) is 1.90. The summed E-state index contributed by atoms with van der Waals surface area (Å²) in [4.78, 5) is 20.4. The maximum atomic E-state index is 12.1. The molecule has 2 aromatic heterocycles. The number of ether oxygens (including phenoxy) is 1. The summed E-state index contributed by atoms with van der Waals surface area (Å²) in [7, 11) is 1.62. The summed E-state index contributed by atoms with van der Waals surface area (Å²) < 4.78 is 9.95. The number of methoxy groups -OCH3 is 1. The van der Waals surface area contributed by atoms with Gasteiger partial charge >= 0.3 is 0 Å². The summed E-state index contributed by atoms with van der Waals surface area (Å²) >= 11 is 1.34. The number of amides is 1. The van der Waals surface area contributed by atoms with E-state index < -0.39 is 0 Å². The van der Waals surface area contributed by atoms with Crippen molar-refractivity contribution in [3.8, 4) is 5.75 Å². The maximum absolute atomic E-state index is 12.1. The van der Waals surface area contributed by atoms with Gasteiger partial charge in [0.2, 0.25) is 5.89 Å². The van der Waals surface area contributed by atoms with Gasteiger partial charge in [-0.3, -0.25) is 4.79 Å². The Balaban J connectivity index is 1.58. The highest BCUT2D eigenvalue weighted by molar-refractivity contribution is 7.14. The number of carbonyl (C=O) groups excluding carboxylic acids is 1. The molecule has 2 N–H and O–H groups in total. The lowest BCUT2D eigenvalue weighted by Crippen LogP contribution is -2.23. The van der Waals surface area contributed by atoms with Crippen molar-refractivity contribution in [1.82, 2.24) is 20.4 Å². The van der Waals surface area contributed by atoms with E-state index in [-0.39, 0.29) is 12.5 Å². The minimum Gasteiger partial charge on any atom is -0.497 e. The summed E-state index contributed by atoms with van der Waals surface area (Å²) in [5, 5.41) is 11.9. The van der Waals surface area contributed by atoms with Gasteiger partial charge in [-0.2, -0.15) is 4.98 Å². The Bertz CT molecular complexity index is 828. The molecule has 0 aliphatic heterocycles. The minimum absolute atomic E-state index is 0.189. The smallest absolute Gasteiger partial charge is 0.271 e. The average Bonchev–Trinajstić information content (AvgIpc) is 3.22. The molecule has 3 aromatic rings. The van der Waals surface area contributed by atoms with Gasteiger partial charge in [-0.25, -0.2) is 4.98 Å². The number of hydrogen-bond acceptors (Lipinski definition) is 8. The summed E-state index contributed by atoms with van der Waals surface area (Å²) in [6, 6.07) is 7.43. The molecule has 8 nitrogen and oxygen atoms in total. The second kappa shape index (κ2) is 7.09. The predicted molar refractivity (Wildman–Crippen MR) is 88.6 cm³/mol. The predicted octanol–water partition coefficient (Wildman–Crippen LogP) is 2.52. The molecule has 0 bridgehead atoms. The lowest BCUT2D eigenvalue weighted by Gasteiger charge is -2.04. The van der Waals surface area contributed by atoms with Crippen LogP contribution in [0.5, 0.6) is 5.75 Å². The van der Waals surface area contributed by atoms with Gasteiger partial charge in [0.15, 0.2) is 11.0 Å². The number of benzene rings is 1. The number of aromatic nitrogens is 3. The largest absolute Gasteiger partial charge is 0.497 e. The Labute approximate surface area is 141 Å². The molecule has 2 heterocycles. The second-order valence-corrected chi connectivity index (χ2v) is 5.66. The molecule has 124 valence electrons. The Morgan fingerprint density at radius 1 is 1.29 bits per heavy atom. The van der Waals surface area contributed by atoms with Gasteiger partial charge in [0.1, 0.15) is 11.4 Å². The highest BCUT2D eigenvalue weighted by atomic mass is 32.1. The Hall–Kier alpha value is -2.94. The van der Waals surface area contributed by atoms with Crippen LogP contribution in [-0.2, 0) is 6.54 Å². The van der Waals surface area contributed by atoms with Crippen LogP contribution in [0.15, 0.2) is 34.2 Å². The van der Waals surface area contributed by atoms with Crippen LogP contribution in [0.2, 0.25) is 0 Å². The third kappa shape index (κ3) is 3.87. The quantitative estimate of drug-likeness (QED) is 0.707. The molecule has 0 aliphatic rings. The van der Waals surface area contributed by atoms with Crippen molar-refractivity contribution in [2.75, 3.05) is 12.4 Å². The Kier molecular flexibility index (Phi) is 4.71. The van der Waals surface area contributed by atoms with Crippen molar-refractivity contribution in [2.24, 2.45) is 0 Å². The topological polar surface area (TPSA) is 102 Å². The molecular weight excluding hydrogens is 330 g/mol. The van der Waals surface area contributed by atoms with Crippen molar-refractivity contribution >= 4 is 28.1 Å². The third-order valence-corrected chi connectivity index (χ3v) is 3.81. The first-order valence-corrected chi connectivity index (χ1v) is 7.96. The first-order chi connectivity index (χ1) is 11.6. The molecule has 1 aromatic carbocycles. The Morgan fingerprint density at radius 2 is 2.08 bits per heavy atom. The van der Waals surface area contributed by atoms with E-state index in [4.69, 9.17) is 9.26 Å². The average molecular weight is 345 g/mol. The molecule has 0 unspecified atom stereocenters. The molecule has 0 radical (unpaired) electrons. The van der Waals surface area contributed by atoms with Gasteiger partial charge in [0, 0.05) is 18.0 Å². The van der Waals surface area contributed by atoms with Crippen LogP contribution in [0.4, 0.5) is 10.8 Å². The van der Waals surface area contributed by atoms with E-state index in [1.165, 1.54) is 11.3 Å². The monoisotopic (exact) mass is 345 g/mol. The number of anilines is 2. The Morgan fingerprint density at radius 3 is 2.75 bits per heavy atom. The molecule has 3 rings (SSSR count). The van der Waals surface area contributed by atoms with Crippen LogP contribution < -0.4 is 15.4 Å². The van der Waals surface area contributed by atoms with Gasteiger partial charge in [-0.1, -0.05) is 5.16 Å². The zero-order chi connectivity index (χ0) is 16.9. The summed E-state index contributed by atoms with van der Waals surface area (Å²) in [5.74, 6) is 1.36. The fourth-order valence-corrected chi connectivity index (χ4v) is 2.61. The molecule has 24 heavy (non-hydrogen) atoms. The lowest BCUT2D eigenvalue weighted by molar-refractivity contribution is 0.0945. The van der Waals surface area contributed by atoms with E-state index in [1.807, 2.05) is 24.3 Å². The molecule has 9 heteroatoms. The number of hydrogen-bond donors (Lipinski definition) is 2. The molecular formula is C15H15N5O3S. The van der Waals surface area contributed by atoms with Crippen LogP contribution in [0.25, 0.3) is 0 Å². The van der Waals surface area contributed by atoms with E-state index in [0.29, 0.717) is 22.5 Å². The van der Waals surface area contributed by atoms with Crippen LogP contribution in [0, 0.1) is 6.92 Å². The summed E-state index contributed by atoms with van der Waals surface area (Å²) in [6.45, 7) is 1.88. The lowest BCUT2D eigenvalue weighted by atomic mass is 10.3. The first-order valence-electron chi connectivity index (χ1n) is 7.08. The second-order valence-electron chi connectivity index (χ2n) is 4.80. The first kappa shape index (κ1) is 15.9. The summed E-state index contributed by atoms with van der Waals surface area (Å²) in [6.07, 6.45) is 0. The zero-order valence-corrected chi connectivity index (χ0v) is 13.9. The van der Waals surface area contributed by atoms with Crippen LogP contribution in [0.1, 0.15) is 22.2 Å². The fraction of sp³-hybridized carbons (Fsp3) is 0.200. The molecule has 1 amide bonds. The highest BCUT2D eigenvalue weighted by Crippen LogP contribution is 2.22. The van der Waals surface area contributed by atoms with Crippen molar-refractivity contribution in [1.29, 1.82) is 0 Å². The SMILES string of the molecule is COc1ccc(Nc2nc(C(=O)NCc3noc(C)n3)cs2)cc1. The maximum Gasteiger partial charge on any atom is 0.271 e. The molecule has 0 aliphatic carbocycles. The van der Waals surface area contributed by atoms with Crippen molar-refractivity contribution in [3.05, 3.63) is 47.1 Å². The minimum atomic E-state index is -0.295. The standard InChI is InChI=1S/C15H15N5O3S/c1-9-17-13(20-23-9)7-16-14(21)12-8-24-15(19-12)18-10-3-5-11(22-2)6-4-10/h3-6,8H,7H2,1-2H3,(H,16,21)(H,18,19). The van der Waals surface area contributed by atoms with E-state index in [2.05, 4.69) is 25.8 Å². The van der Waals surface area contributed by atoms with Crippen molar-refractivity contribution in [2.45, 2.75) is 13.5 Å². The third-order valence-electron chi connectivity index (χ3n) is 3.05. The van der Waals surface area contributed by atoms with Crippen LogP contribution in [-0.4, -0.2) is 28.1 Å². The number of nitrogens with one attached hydrogen (secondary N) is 2. The number of carbonyl (C=O) groups is 1. The number of nitrogens with zero attached hydrogens (tertiary/aromatic N) is 3. The van der Waals surface area contributed by atoms with E-state index in [1.54, 1.807) is 19.4 Å². The molecule has 0 saturated carbocycles. The normalized spacial score (nSPS) is 10.4. The number of aryl methyl sites for hydroxylation is 1. The van der Waals surface area contributed by atoms with Crippen LogP contribution >= 0.6 is 11.3 Å². The van der Waals surface area contributed by atoms with E-state index in [9.17, 15) is 4.79 Å². The number of rotatable bonds is 6. The van der Waals surface area contributed by atoms with Gasteiger partial charge in [0.25, 0.3) is 5.91 Å². The highest BCUT2D eigenvalue weighted by Gasteiger charge is 2.12. The zero-order valence-electron chi connectivity index (χ0n) is 13.1. The van der Waals surface area contributed by atoms with Crippen molar-refractivity contribution in [3.63, 3.8) is 0 Å². The van der Waals surface area contributed by atoms with Gasteiger partial charge in [-0.05, 0) is 24.3 Å². The van der Waals surface area contributed by atoms with Crippen molar-refractivity contribution < 1.29 is 14.1 Å². The van der Waals surface area contributed by atoms with Gasteiger partial charge in [0.05, 0.1) is 13.7 Å². The van der Waals surface area contributed by atoms with Crippen LogP contribution in [0.3, 0.4) is 0 Å². The van der Waals surface area contributed by atoms with E-state index in [0.717, 1.165) is 11.4 Å². The van der Waals surface area contributed by atoms with Gasteiger partial charge < -0.3 is 19.9 Å². The number of thiazole rings is 1.